The number of aliphatic hydroxyl groups is 1. The first-order valence-corrected chi connectivity index (χ1v) is 6.45. The highest BCUT2D eigenvalue weighted by molar-refractivity contribution is 7.99. The second-order valence-electron chi connectivity index (χ2n) is 3.18. The number of rotatable bonds is 3. The summed E-state index contributed by atoms with van der Waals surface area (Å²) in [6.45, 7) is -0.138. The van der Waals surface area contributed by atoms with Crippen LogP contribution in [0.4, 0.5) is 0 Å². The molecule has 1 aromatic heterocycles. The molecule has 18 heavy (non-hydrogen) atoms. The van der Waals surface area contributed by atoms with E-state index in [9.17, 15) is 0 Å². The van der Waals surface area contributed by atoms with Gasteiger partial charge in [-0.2, -0.15) is 0 Å². The third-order valence-corrected chi connectivity index (χ3v) is 2.92. The predicted octanol–water partition coefficient (Wildman–Crippen LogP) is 2.48. The topological polar surface area (TPSA) is 59.2 Å². The molecule has 0 fully saturated rings. The number of aromatic nitrogens is 2. The Hall–Kier alpha value is -1.48. The molecule has 0 aliphatic heterocycles. The number of hydrogen-bond acceptors (Lipinski definition) is 5. The fourth-order valence-corrected chi connectivity index (χ4v) is 1.84. The monoisotopic (exact) mass is 280 g/mol. The molecule has 0 aliphatic rings. The molecule has 1 aromatic carbocycles. The van der Waals surface area contributed by atoms with Crippen LogP contribution in [0.15, 0.2) is 33.9 Å². The Labute approximate surface area is 113 Å². The molecule has 0 atom stereocenters. The summed E-state index contributed by atoms with van der Waals surface area (Å²) < 4.78 is 5.46. The molecule has 2 aromatic rings. The van der Waals surface area contributed by atoms with E-state index in [-0.39, 0.29) is 6.61 Å². The summed E-state index contributed by atoms with van der Waals surface area (Å²) in [4.78, 5) is 0. The fourth-order valence-electron chi connectivity index (χ4n) is 1.18. The second-order valence-corrected chi connectivity index (χ2v) is 4.54. The van der Waals surface area contributed by atoms with Gasteiger partial charge in [0.2, 0.25) is 5.89 Å². The Morgan fingerprint density at radius 2 is 2.00 bits per heavy atom. The van der Waals surface area contributed by atoms with E-state index in [0.717, 1.165) is 5.56 Å². The molecule has 2 rings (SSSR count). The van der Waals surface area contributed by atoms with Crippen LogP contribution in [0.25, 0.3) is 11.5 Å². The highest BCUT2D eigenvalue weighted by atomic mass is 35.5. The minimum Gasteiger partial charge on any atom is -0.411 e. The Morgan fingerprint density at radius 3 is 2.72 bits per heavy atom. The third-order valence-electron chi connectivity index (χ3n) is 1.97. The predicted molar refractivity (Wildman–Crippen MR) is 70.3 cm³/mol. The lowest BCUT2D eigenvalue weighted by molar-refractivity contribution is 0.350. The van der Waals surface area contributed by atoms with Crippen LogP contribution in [-0.4, -0.2) is 27.7 Å². The Kier molecular flexibility index (Phi) is 4.65. The average Bonchev–Trinajstić information content (AvgIpc) is 2.84. The molecule has 0 bridgehead atoms. The van der Waals surface area contributed by atoms with Gasteiger partial charge in [0.15, 0.2) is 0 Å². The van der Waals surface area contributed by atoms with E-state index in [1.54, 1.807) is 12.1 Å². The number of benzene rings is 1. The largest absolute Gasteiger partial charge is 0.411 e. The number of aliphatic hydroxyl groups excluding tert-OH is 1. The van der Waals surface area contributed by atoms with E-state index in [4.69, 9.17) is 21.1 Å². The number of halogens is 1. The molecule has 4 nitrogen and oxygen atoms in total. The van der Waals surface area contributed by atoms with Crippen LogP contribution >= 0.6 is 23.4 Å². The summed E-state index contributed by atoms with van der Waals surface area (Å²) in [5.74, 6) is 6.25. The second kappa shape index (κ2) is 6.45. The zero-order chi connectivity index (χ0) is 12.8. The van der Waals surface area contributed by atoms with Gasteiger partial charge in [0.25, 0.3) is 5.22 Å². The van der Waals surface area contributed by atoms with Gasteiger partial charge in [0, 0.05) is 10.6 Å². The Morgan fingerprint density at radius 1 is 1.22 bits per heavy atom. The molecular formula is C12H9ClN2O2S. The quantitative estimate of drug-likeness (QED) is 0.691. The molecule has 0 radical (unpaired) electrons. The first kappa shape index (κ1) is 13.0. The van der Waals surface area contributed by atoms with Gasteiger partial charge in [-0.05, 0) is 24.3 Å². The van der Waals surface area contributed by atoms with Crippen LogP contribution in [0.1, 0.15) is 0 Å². The van der Waals surface area contributed by atoms with Crippen LogP contribution in [0.3, 0.4) is 0 Å². The number of hydrogen-bond donors (Lipinski definition) is 1. The van der Waals surface area contributed by atoms with Crippen molar-refractivity contribution in [1.82, 2.24) is 10.2 Å². The molecule has 0 saturated carbocycles. The van der Waals surface area contributed by atoms with Gasteiger partial charge >= 0.3 is 0 Å². The van der Waals surface area contributed by atoms with Crippen LogP contribution in [-0.2, 0) is 0 Å². The summed E-state index contributed by atoms with van der Waals surface area (Å²) in [7, 11) is 0. The highest BCUT2D eigenvalue weighted by Crippen LogP contribution is 2.23. The minimum atomic E-state index is -0.138. The molecule has 0 aliphatic carbocycles. The highest BCUT2D eigenvalue weighted by Gasteiger charge is 2.08. The van der Waals surface area contributed by atoms with Crippen molar-refractivity contribution in [3.05, 3.63) is 29.3 Å². The maximum absolute atomic E-state index is 8.49. The molecule has 1 heterocycles. The van der Waals surface area contributed by atoms with Gasteiger partial charge in [0.05, 0.1) is 5.75 Å². The summed E-state index contributed by atoms with van der Waals surface area (Å²) in [5, 5.41) is 17.4. The fraction of sp³-hybridized carbons (Fsp3) is 0.167. The molecule has 92 valence electrons. The van der Waals surface area contributed by atoms with Crippen molar-refractivity contribution in [2.24, 2.45) is 0 Å². The van der Waals surface area contributed by atoms with Gasteiger partial charge in [0.1, 0.15) is 6.61 Å². The molecule has 0 saturated heterocycles. The van der Waals surface area contributed by atoms with Gasteiger partial charge in [-0.3, -0.25) is 0 Å². The zero-order valence-corrected chi connectivity index (χ0v) is 10.8. The van der Waals surface area contributed by atoms with Gasteiger partial charge in [-0.15, -0.1) is 10.2 Å². The van der Waals surface area contributed by atoms with Crippen molar-refractivity contribution in [2.75, 3.05) is 12.4 Å². The molecular weight excluding hydrogens is 272 g/mol. The van der Waals surface area contributed by atoms with Crippen molar-refractivity contribution in [3.8, 4) is 23.3 Å². The normalized spacial score (nSPS) is 9.89. The smallest absolute Gasteiger partial charge is 0.277 e. The average molecular weight is 281 g/mol. The van der Waals surface area contributed by atoms with E-state index in [1.165, 1.54) is 11.8 Å². The lowest BCUT2D eigenvalue weighted by atomic mass is 10.2. The van der Waals surface area contributed by atoms with Crippen LogP contribution in [0, 0.1) is 11.8 Å². The van der Waals surface area contributed by atoms with Crippen LogP contribution in [0.2, 0.25) is 5.02 Å². The van der Waals surface area contributed by atoms with E-state index < -0.39 is 0 Å². The lowest BCUT2D eigenvalue weighted by Crippen LogP contribution is -1.77. The molecule has 0 amide bonds. The van der Waals surface area contributed by atoms with Crippen molar-refractivity contribution in [2.45, 2.75) is 5.22 Å². The number of nitrogens with zero attached hydrogens (tertiary/aromatic N) is 2. The minimum absolute atomic E-state index is 0.138. The van der Waals surface area contributed by atoms with Crippen LogP contribution < -0.4 is 0 Å². The molecule has 0 unspecified atom stereocenters. The standard InChI is InChI=1S/C12H9ClN2O2S/c13-10-5-3-9(4-6-10)11-14-15-12(17-11)18-8-2-1-7-16/h3-6,16H,7-8H2. The molecule has 0 spiro atoms. The van der Waals surface area contributed by atoms with Gasteiger partial charge < -0.3 is 9.52 Å². The SMILES string of the molecule is OCC#CCSc1nnc(-c2ccc(Cl)cc2)o1. The third kappa shape index (κ3) is 3.50. The summed E-state index contributed by atoms with van der Waals surface area (Å²) in [6.07, 6.45) is 0. The lowest BCUT2D eigenvalue weighted by Gasteiger charge is -1.93. The van der Waals surface area contributed by atoms with Crippen LogP contribution in [0.5, 0.6) is 0 Å². The van der Waals surface area contributed by atoms with Gasteiger partial charge in [-0.1, -0.05) is 35.2 Å². The zero-order valence-electron chi connectivity index (χ0n) is 9.26. The van der Waals surface area contributed by atoms with Crippen molar-refractivity contribution >= 4 is 23.4 Å². The molecule has 6 heteroatoms. The maximum Gasteiger partial charge on any atom is 0.277 e. The summed E-state index contributed by atoms with van der Waals surface area (Å²) in [5.41, 5.74) is 0.820. The summed E-state index contributed by atoms with van der Waals surface area (Å²) in [6, 6.07) is 7.16. The van der Waals surface area contributed by atoms with E-state index >= 15 is 0 Å². The summed E-state index contributed by atoms with van der Waals surface area (Å²) >= 11 is 7.12. The van der Waals surface area contributed by atoms with E-state index in [2.05, 4.69) is 22.0 Å². The molecule has 1 N–H and O–H groups in total. The van der Waals surface area contributed by atoms with E-state index in [1.807, 2.05) is 12.1 Å². The van der Waals surface area contributed by atoms with Crippen molar-refractivity contribution in [3.63, 3.8) is 0 Å². The Bertz CT molecular complexity index is 572. The van der Waals surface area contributed by atoms with E-state index in [0.29, 0.717) is 21.9 Å². The first-order chi connectivity index (χ1) is 8.79. The Balaban J connectivity index is 2.03. The van der Waals surface area contributed by atoms with Crippen molar-refractivity contribution in [1.29, 1.82) is 0 Å². The maximum atomic E-state index is 8.49. The van der Waals surface area contributed by atoms with Gasteiger partial charge in [-0.25, -0.2) is 0 Å². The number of thioether (sulfide) groups is 1. The first-order valence-electron chi connectivity index (χ1n) is 5.08. The van der Waals surface area contributed by atoms with Crippen molar-refractivity contribution < 1.29 is 9.52 Å².